The highest BCUT2D eigenvalue weighted by Gasteiger charge is 2.24. The van der Waals surface area contributed by atoms with E-state index in [1.54, 1.807) is 0 Å². The lowest BCUT2D eigenvalue weighted by Crippen LogP contribution is -2.47. The largest absolute Gasteiger partial charge is 0.380 e. The van der Waals surface area contributed by atoms with Crippen LogP contribution in [-0.4, -0.2) is 46.2 Å². The molecule has 4 rings (SSSR count). The number of hydrogen-bond acceptors (Lipinski definition) is 6. The van der Waals surface area contributed by atoms with E-state index in [1.165, 1.54) is 11.8 Å². The zero-order chi connectivity index (χ0) is 19.7. The number of benzene rings is 1. The third-order valence-electron chi connectivity index (χ3n) is 5.13. The Morgan fingerprint density at radius 3 is 3.04 bits per heavy atom. The minimum atomic E-state index is -0.619. The van der Waals surface area contributed by atoms with Gasteiger partial charge < -0.3 is 26.5 Å². The molecule has 2 atom stereocenters. The van der Waals surface area contributed by atoms with Crippen LogP contribution in [-0.2, 0) is 11.2 Å². The van der Waals surface area contributed by atoms with E-state index in [4.69, 9.17) is 16.2 Å². The molecule has 1 aliphatic rings. The number of nitrogens with two attached hydrogens (primary N) is 2. The van der Waals surface area contributed by atoms with Crippen molar-refractivity contribution in [3.8, 4) is 11.4 Å². The molecule has 2 aromatic heterocycles. The summed E-state index contributed by atoms with van der Waals surface area (Å²) in [4.78, 5) is 24.2. The number of carbonyl (C=O) groups excluding carboxylic acids is 1. The molecule has 146 valence electrons. The van der Waals surface area contributed by atoms with Crippen molar-refractivity contribution >= 4 is 22.6 Å². The molecule has 1 aliphatic heterocycles. The number of nitrogens with zero attached hydrogens (tertiary/aromatic N) is 2. The number of nitrogens with one attached hydrogen (secondary N) is 2. The normalized spacial score (nSPS) is 19.6. The van der Waals surface area contributed by atoms with Gasteiger partial charge in [0.1, 0.15) is 11.5 Å². The summed E-state index contributed by atoms with van der Waals surface area (Å²) in [6.45, 7) is 3.25. The van der Waals surface area contributed by atoms with Crippen molar-refractivity contribution in [2.75, 3.05) is 18.5 Å². The lowest BCUT2D eigenvalue weighted by Gasteiger charge is -2.29. The summed E-state index contributed by atoms with van der Waals surface area (Å²) in [5.41, 5.74) is 15.1. The van der Waals surface area contributed by atoms with E-state index in [1.807, 2.05) is 18.2 Å². The molecule has 0 spiro atoms. The maximum Gasteiger partial charge on any atom is 0.269 e. The van der Waals surface area contributed by atoms with Crippen LogP contribution in [0.1, 0.15) is 29.4 Å². The van der Waals surface area contributed by atoms with Crippen LogP contribution in [0.4, 0.5) is 5.82 Å². The average molecular weight is 380 g/mol. The van der Waals surface area contributed by atoms with E-state index < -0.39 is 5.91 Å². The summed E-state index contributed by atoms with van der Waals surface area (Å²) in [7, 11) is 0. The fourth-order valence-corrected chi connectivity index (χ4v) is 3.61. The van der Waals surface area contributed by atoms with E-state index in [9.17, 15) is 4.79 Å². The highest BCUT2D eigenvalue weighted by molar-refractivity contribution is 5.98. The van der Waals surface area contributed by atoms with Crippen LogP contribution in [0.5, 0.6) is 0 Å². The molecule has 8 nitrogen and oxygen atoms in total. The standard InChI is InChI=1S/C20H24N6O2/c1-2-11-4-3-5-14-12(11)8-16(24-14)18-19(20(22)27)23-9-17(26-18)25-15-6-7-28-10-13(15)21/h3-5,8-9,13,15,24H,2,6-7,10,21H2,1H3,(H2,22,27)(H,25,26)/t13?,15-/m1/s1. The predicted octanol–water partition coefficient (Wildman–Crippen LogP) is 1.81. The van der Waals surface area contributed by atoms with Crippen LogP contribution in [0.25, 0.3) is 22.3 Å². The fourth-order valence-electron chi connectivity index (χ4n) is 3.61. The molecule has 1 unspecified atom stereocenters. The second-order valence-electron chi connectivity index (χ2n) is 7.01. The van der Waals surface area contributed by atoms with Gasteiger partial charge in [-0.15, -0.1) is 0 Å². The Hall–Kier alpha value is -2.97. The van der Waals surface area contributed by atoms with Gasteiger partial charge in [0.15, 0.2) is 5.69 Å². The predicted molar refractivity (Wildman–Crippen MR) is 108 cm³/mol. The Morgan fingerprint density at radius 2 is 2.29 bits per heavy atom. The van der Waals surface area contributed by atoms with Crippen LogP contribution in [0.15, 0.2) is 30.5 Å². The fraction of sp³-hybridized carbons (Fsp3) is 0.350. The van der Waals surface area contributed by atoms with Crippen molar-refractivity contribution in [3.05, 3.63) is 41.7 Å². The Labute approximate surface area is 162 Å². The van der Waals surface area contributed by atoms with E-state index in [-0.39, 0.29) is 17.8 Å². The summed E-state index contributed by atoms with van der Waals surface area (Å²) < 4.78 is 5.38. The van der Waals surface area contributed by atoms with Gasteiger partial charge in [-0.1, -0.05) is 19.1 Å². The number of aromatic nitrogens is 3. The minimum Gasteiger partial charge on any atom is -0.380 e. The Morgan fingerprint density at radius 1 is 1.43 bits per heavy atom. The lowest BCUT2D eigenvalue weighted by molar-refractivity contribution is 0.0752. The maximum absolute atomic E-state index is 11.9. The van der Waals surface area contributed by atoms with Gasteiger partial charge in [-0.05, 0) is 30.5 Å². The van der Waals surface area contributed by atoms with Crippen LogP contribution in [0, 0.1) is 0 Å². The minimum absolute atomic E-state index is 0.0322. The van der Waals surface area contributed by atoms with E-state index in [0.29, 0.717) is 30.4 Å². The SMILES string of the molecule is CCc1cccc2[nH]c(-c3nc(N[C@@H]4CCOCC4N)cnc3C(N)=O)cc12. The van der Waals surface area contributed by atoms with Crippen molar-refractivity contribution in [1.29, 1.82) is 0 Å². The molecule has 0 radical (unpaired) electrons. The van der Waals surface area contributed by atoms with Crippen LogP contribution >= 0.6 is 0 Å². The first-order valence-electron chi connectivity index (χ1n) is 9.44. The molecule has 0 saturated carbocycles. The number of H-pyrrole nitrogens is 1. The van der Waals surface area contributed by atoms with Crippen molar-refractivity contribution in [2.45, 2.75) is 31.8 Å². The number of primary amides is 1. The van der Waals surface area contributed by atoms with Gasteiger partial charge in [-0.2, -0.15) is 0 Å². The smallest absolute Gasteiger partial charge is 0.269 e. The molecule has 1 amide bonds. The number of aryl methyl sites for hydroxylation is 1. The van der Waals surface area contributed by atoms with E-state index in [2.05, 4.69) is 33.3 Å². The zero-order valence-electron chi connectivity index (χ0n) is 15.7. The lowest BCUT2D eigenvalue weighted by atomic mass is 10.0. The maximum atomic E-state index is 11.9. The molecule has 28 heavy (non-hydrogen) atoms. The molecule has 3 aromatic rings. The number of amides is 1. The number of rotatable bonds is 5. The number of fused-ring (bicyclic) bond motifs is 1. The molecule has 0 aliphatic carbocycles. The Kier molecular flexibility index (Phi) is 4.97. The number of anilines is 1. The first-order valence-corrected chi connectivity index (χ1v) is 9.44. The number of carbonyl (C=O) groups is 1. The molecule has 8 heteroatoms. The summed E-state index contributed by atoms with van der Waals surface area (Å²) in [6, 6.07) is 7.99. The van der Waals surface area contributed by atoms with Crippen molar-refractivity contribution in [2.24, 2.45) is 11.5 Å². The quantitative estimate of drug-likeness (QED) is 0.534. The molecule has 1 aromatic carbocycles. The van der Waals surface area contributed by atoms with Gasteiger partial charge >= 0.3 is 0 Å². The van der Waals surface area contributed by atoms with Gasteiger partial charge in [0.05, 0.1) is 18.5 Å². The topological polar surface area (TPSA) is 132 Å². The summed E-state index contributed by atoms with van der Waals surface area (Å²) in [6.07, 6.45) is 3.21. The molecular weight excluding hydrogens is 356 g/mol. The van der Waals surface area contributed by atoms with Crippen molar-refractivity contribution < 1.29 is 9.53 Å². The van der Waals surface area contributed by atoms with Gasteiger partial charge in [-0.25, -0.2) is 9.97 Å². The highest BCUT2D eigenvalue weighted by atomic mass is 16.5. The Bertz CT molecular complexity index is 1020. The third kappa shape index (κ3) is 3.44. The first-order chi connectivity index (χ1) is 13.6. The van der Waals surface area contributed by atoms with E-state index >= 15 is 0 Å². The molecular formula is C20H24N6O2. The highest BCUT2D eigenvalue weighted by Crippen LogP contribution is 2.28. The number of hydrogen-bond donors (Lipinski definition) is 4. The summed E-state index contributed by atoms with van der Waals surface area (Å²) >= 11 is 0. The van der Waals surface area contributed by atoms with Gasteiger partial charge in [0.2, 0.25) is 0 Å². The summed E-state index contributed by atoms with van der Waals surface area (Å²) in [5, 5.41) is 4.42. The van der Waals surface area contributed by atoms with Crippen molar-refractivity contribution in [3.63, 3.8) is 0 Å². The van der Waals surface area contributed by atoms with Crippen LogP contribution in [0.3, 0.4) is 0 Å². The van der Waals surface area contributed by atoms with Gasteiger partial charge in [-0.3, -0.25) is 4.79 Å². The number of ether oxygens (including phenoxy) is 1. The molecule has 0 bridgehead atoms. The second kappa shape index (κ2) is 7.57. The molecule has 3 heterocycles. The van der Waals surface area contributed by atoms with Crippen LogP contribution < -0.4 is 16.8 Å². The second-order valence-corrected chi connectivity index (χ2v) is 7.01. The number of aromatic amines is 1. The zero-order valence-corrected chi connectivity index (χ0v) is 15.7. The molecule has 1 fully saturated rings. The third-order valence-corrected chi connectivity index (χ3v) is 5.13. The van der Waals surface area contributed by atoms with E-state index in [0.717, 1.165) is 23.7 Å². The molecule has 6 N–H and O–H groups in total. The van der Waals surface area contributed by atoms with Crippen molar-refractivity contribution in [1.82, 2.24) is 15.0 Å². The Balaban J connectivity index is 1.75. The summed E-state index contributed by atoms with van der Waals surface area (Å²) in [5.74, 6) is -0.0667. The monoisotopic (exact) mass is 380 g/mol. The average Bonchev–Trinajstić information content (AvgIpc) is 3.14. The van der Waals surface area contributed by atoms with Crippen LogP contribution in [0.2, 0.25) is 0 Å². The van der Waals surface area contributed by atoms with Gasteiger partial charge in [0.25, 0.3) is 5.91 Å². The van der Waals surface area contributed by atoms with Gasteiger partial charge in [0, 0.05) is 29.6 Å². The molecule has 1 saturated heterocycles. The first kappa shape index (κ1) is 18.4.